The van der Waals surface area contributed by atoms with Crippen LogP contribution in [0.25, 0.3) is 5.57 Å². The second kappa shape index (κ2) is 6.29. The summed E-state index contributed by atoms with van der Waals surface area (Å²) in [4.78, 5) is 31.1. The van der Waals surface area contributed by atoms with Crippen molar-refractivity contribution in [3.8, 4) is 0 Å². The van der Waals surface area contributed by atoms with Crippen LogP contribution in [0.5, 0.6) is 0 Å². The van der Waals surface area contributed by atoms with E-state index in [-0.39, 0.29) is 17.7 Å². The van der Waals surface area contributed by atoms with Gasteiger partial charge in [-0.05, 0) is 25.1 Å². The van der Waals surface area contributed by atoms with E-state index >= 15 is 0 Å². The molecule has 0 saturated carbocycles. The Labute approximate surface area is 147 Å². The number of likely N-dealkylation sites (tertiary alicyclic amines) is 2. The Morgan fingerprint density at radius 1 is 1.24 bits per heavy atom. The lowest BCUT2D eigenvalue weighted by Crippen LogP contribution is -2.58. The number of hydrogen-bond donors (Lipinski definition) is 0. The summed E-state index contributed by atoms with van der Waals surface area (Å²) in [5, 5.41) is 4.21. The Balaban J connectivity index is 1.37. The highest BCUT2D eigenvalue weighted by molar-refractivity contribution is 5.90. The Morgan fingerprint density at radius 2 is 2.04 bits per heavy atom. The number of nitrogens with zero attached hydrogens (tertiary/aromatic N) is 5. The summed E-state index contributed by atoms with van der Waals surface area (Å²) in [7, 11) is 3.99. The molecular formula is C18H25N5O2. The quantitative estimate of drug-likeness (QED) is 0.787. The standard InChI is InChI=1S/C18H25N5O2/c1-20-11-15(12-20)23-10-14(9-17(23)24)18(25)22-7-4-13(5-8-22)16-3-6-19-21(16)2/h3-4,6,14-15H,5,7-12H2,1-2H3. The molecule has 25 heavy (non-hydrogen) atoms. The van der Waals surface area contributed by atoms with Gasteiger partial charge in [0.25, 0.3) is 0 Å². The van der Waals surface area contributed by atoms with Gasteiger partial charge in [-0.3, -0.25) is 14.3 Å². The van der Waals surface area contributed by atoms with E-state index in [4.69, 9.17) is 0 Å². The minimum absolute atomic E-state index is 0.129. The van der Waals surface area contributed by atoms with Crippen molar-refractivity contribution in [1.82, 2.24) is 24.5 Å². The minimum Gasteiger partial charge on any atom is -0.338 e. The van der Waals surface area contributed by atoms with Crippen LogP contribution in [0.2, 0.25) is 0 Å². The smallest absolute Gasteiger partial charge is 0.228 e. The first-order chi connectivity index (χ1) is 12.0. The third kappa shape index (κ3) is 2.97. The fourth-order valence-corrected chi connectivity index (χ4v) is 4.16. The fourth-order valence-electron chi connectivity index (χ4n) is 4.16. The van der Waals surface area contributed by atoms with Gasteiger partial charge in [-0.25, -0.2) is 0 Å². The van der Waals surface area contributed by atoms with Crippen LogP contribution in [-0.4, -0.2) is 82.1 Å². The number of carbonyl (C=O) groups excluding carboxylic acids is 2. The molecule has 134 valence electrons. The van der Waals surface area contributed by atoms with Crippen LogP contribution in [0.1, 0.15) is 18.5 Å². The summed E-state index contributed by atoms with van der Waals surface area (Å²) < 4.78 is 1.87. The van der Waals surface area contributed by atoms with E-state index in [0.29, 0.717) is 32.1 Å². The summed E-state index contributed by atoms with van der Waals surface area (Å²) in [6.45, 7) is 3.77. The Bertz CT molecular complexity index is 719. The molecule has 1 aromatic rings. The number of rotatable bonds is 3. The summed E-state index contributed by atoms with van der Waals surface area (Å²) in [6.07, 6.45) is 5.12. The molecule has 0 bridgehead atoms. The number of carbonyl (C=O) groups is 2. The first-order valence-corrected chi connectivity index (χ1v) is 8.97. The Morgan fingerprint density at radius 3 is 2.64 bits per heavy atom. The predicted molar refractivity (Wildman–Crippen MR) is 93.5 cm³/mol. The molecule has 2 saturated heterocycles. The summed E-state index contributed by atoms with van der Waals surface area (Å²) in [6, 6.07) is 2.31. The van der Waals surface area contributed by atoms with E-state index in [1.807, 2.05) is 27.6 Å². The Kier molecular flexibility index (Phi) is 4.11. The lowest BCUT2D eigenvalue weighted by molar-refractivity contribution is -0.135. The number of likely N-dealkylation sites (N-methyl/N-ethyl adjacent to an activating group) is 1. The number of aromatic nitrogens is 2. The van der Waals surface area contributed by atoms with Crippen LogP contribution < -0.4 is 0 Å². The van der Waals surface area contributed by atoms with Gasteiger partial charge in [0.2, 0.25) is 11.8 Å². The van der Waals surface area contributed by atoms with Crippen LogP contribution >= 0.6 is 0 Å². The van der Waals surface area contributed by atoms with Gasteiger partial charge in [0.15, 0.2) is 0 Å². The normalized spacial score (nSPS) is 25.3. The first kappa shape index (κ1) is 16.3. The maximum Gasteiger partial charge on any atom is 0.228 e. The van der Waals surface area contributed by atoms with E-state index < -0.39 is 0 Å². The van der Waals surface area contributed by atoms with Gasteiger partial charge in [-0.15, -0.1) is 0 Å². The van der Waals surface area contributed by atoms with Crippen molar-refractivity contribution < 1.29 is 9.59 Å². The van der Waals surface area contributed by atoms with Crippen molar-refractivity contribution in [2.75, 3.05) is 39.8 Å². The molecule has 3 aliphatic heterocycles. The lowest BCUT2D eigenvalue weighted by atomic mass is 10.0. The van der Waals surface area contributed by atoms with E-state index in [2.05, 4.69) is 23.1 Å². The molecule has 0 aromatic carbocycles. The zero-order valence-corrected chi connectivity index (χ0v) is 14.9. The molecule has 4 rings (SSSR count). The van der Waals surface area contributed by atoms with Crippen molar-refractivity contribution in [2.24, 2.45) is 13.0 Å². The molecule has 3 aliphatic rings. The first-order valence-electron chi connectivity index (χ1n) is 8.97. The zero-order chi connectivity index (χ0) is 17.6. The SMILES string of the molecule is CN1CC(N2CC(C(=O)N3CC=C(c4ccnn4C)CC3)CC2=O)C1. The molecule has 7 nitrogen and oxygen atoms in total. The lowest BCUT2D eigenvalue weighted by Gasteiger charge is -2.42. The van der Waals surface area contributed by atoms with Gasteiger partial charge < -0.3 is 14.7 Å². The topological polar surface area (TPSA) is 61.7 Å². The van der Waals surface area contributed by atoms with Crippen molar-refractivity contribution in [3.05, 3.63) is 24.0 Å². The number of aryl methyl sites for hydroxylation is 1. The van der Waals surface area contributed by atoms with Gasteiger partial charge in [0.05, 0.1) is 17.7 Å². The average molecular weight is 343 g/mol. The molecule has 2 fully saturated rings. The van der Waals surface area contributed by atoms with Gasteiger partial charge in [0, 0.05) is 52.4 Å². The molecule has 0 aliphatic carbocycles. The maximum atomic E-state index is 12.8. The molecule has 0 radical (unpaired) electrons. The highest BCUT2D eigenvalue weighted by Gasteiger charge is 2.42. The molecular weight excluding hydrogens is 318 g/mol. The molecule has 0 spiro atoms. The zero-order valence-electron chi connectivity index (χ0n) is 14.9. The monoisotopic (exact) mass is 343 g/mol. The number of amides is 2. The largest absolute Gasteiger partial charge is 0.338 e. The number of hydrogen-bond acceptors (Lipinski definition) is 4. The maximum absolute atomic E-state index is 12.8. The molecule has 1 aromatic heterocycles. The van der Waals surface area contributed by atoms with Crippen molar-refractivity contribution in [3.63, 3.8) is 0 Å². The summed E-state index contributed by atoms with van der Waals surface area (Å²) in [5.74, 6) is 0.0912. The van der Waals surface area contributed by atoms with E-state index in [1.165, 1.54) is 5.57 Å². The molecule has 0 N–H and O–H groups in total. The summed E-state index contributed by atoms with van der Waals surface area (Å²) in [5.41, 5.74) is 2.36. The van der Waals surface area contributed by atoms with Crippen molar-refractivity contribution >= 4 is 17.4 Å². The third-order valence-electron chi connectivity index (χ3n) is 5.66. The van der Waals surface area contributed by atoms with Crippen LogP contribution in [-0.2, 0) is 16.6 Å². The Hall–Kier alpha value is -2.15. The van der Waals surface area contributed by atoms with Crippen LogP contribution in [0, 0.1) is 5.92 Å². The van der Waals surface area contributed by atoms with Crippen LogP contribution in [0.3, 0.4) is 0 Å². The predicted octanol–water partition coefficient (Wildman–Crippen LogP) is 0.198. The molecule has 1 unspecified atom stereocenters. The van der Waals surface area contributed by atoms with Crippen LogP contribution in [0.4, 0.5) is 0 Å². The van der Waals surface area contributed by atoms with E-state index in [9.17, 15) is 9.59 Å². The van der Waals surface area contributed by atoms with Gasteiger partial charge in [0.1, 0.15) is 0 Å². The molecule has 2 amide bonds. The highest BCUT2D eigenvalue weighted by Crippen LogP contribution is 2.28. The molecule has 7 heteroatoms. The summed E-state index contributed by atoms with van der Waals surface area (Å²) >= 11 is 0. The second-order valence-corrected chi connectivity index (χ2v) is 7.43. The highest BCUT2D eigenvalue weighted by atomic mass is 16.2. The third-order valence-corrected chi connectivity index (χ3v) is 5.66. The minimum atomic E-state index is -0.176. The van der Waals surface area contributed by atoms with E-state index in [1.54, 1.807) is 6.20 Å². The molecule has 1 atom stereocenters. The molecule has 4 heterocycles. The van der Waals surface area contributed by atoms with Gasteiger partial charge in [-0.2, -0.15) is 5.10 Å². The van der Waals surface area contributed by atoms with Crippen LogP contribution in [0.15, 0.2) is 18.3 Å². The van der Waals surface area contributed by atoms with Gasteiger partial charge in [-0.1, -0.05) is 6.08 Å². The average Bonchev–Trinajstić information content (AvgIpc) is 3.17. The second-order valence-electron chi connectivity index (χ2n) is 7.43. The van der Waals surface area contributed by atoms with E-state index in [0.717, 1.165) is 25.2 Å². The fraction of sp³-hybridized carbons (Fsp3) is 0.611. The van der Waals surface area contributed by atoms with Crippen molar-refractivity contribution in [1.29, 1.82) is 0 Å². The van der Waals surface area contributed by atoms with Crippen molar-refractivity contribution in [2.45, 2.75) is 18.9 Å². The van der Waals surface area contributed by atoms with Gasteiger partial charge >= 0.3 is 0 Å².